The highest BCUT2D eigenvalue weighted by molar-refractivity contribution is 7.80. The zero-order chi connectivity index (χ0) is 19.8. The molecule has 0 bridgehead atoms. The number of hydrogen-bond donors (Lipinski definition) is 1. The first kappa shape index (κ1) is 18.7. The molecule has 28 heavy (non-hydrogen) atoms. The van der Waals surface area contributed by atoms with Gasteiger partial charge in [0.2, 0.25) is 0 Å². The van der Waals surface area contributed by atoms with Gasteiger partial charge in [-0.15, -0.1) is 0 Å². The second-order valence-electron chi connectivity index (χ2n) is 7.40. The summed E-state index contributed by atoms with van der Waals surface area (Å²) in [4.78, 5) is 6.88. The third-order valence-electron chi connectivity index (χ3n) is 5.66. The molecule has 3 aromatic rings. The summed E-state index contributed by atoms with van der Waals surface area (Å²) in [6.07, 6.45) is 1.85. The van der Waals surface area contributed by atoms with E-state index in [-0.39, 0.29) is 12.1 Å². The Morgan fingerprint density at radius 3 is 2.43 bits per heavy atom. The van der Waals surface area contributed by atoms with Gasteiger partial charge in [0.1, 0.15) is 0 Å². The Kier molecular flexibility index (Phi) is 4.94. The highest BCUT2D eigenvalue weighted by Crippen LogP contribution is 2.43. The average molecular weight is 391 g/mol. The van der Waals surface area contributed by atoms with Gasteiger partial charge in [0.05, 0.1) is 17.8 Å². The summed E-state index contributed by atoms with van der Waals surface area (Å²) >= 11 is 5.80. The van der Waals surface area contributed by atoms with Crippen LogP contribution in [0.5, 0.6) is 0 Å². The molecule has 3 heterocycles. The third-order valence-corrected chi connectivity index (χ3v) is 5.97. The number of aryl methyl sites for hydroxylation is 2. The van der Waals surface area contributed by atoms with Gasteiger partial charge in [-0.3, -0.25) is 4.98 Å². The van der Waals surface area contributed by atoms with Crippen molar-refractivity contribution in [1.82, 2.24) is 14.9 Å². The molecule has 0 unspecified atom stereocenters. The van der Waals surface area contributed by atoms with E-state index in [1.54, 1.807) is 0 Å². The van der Waals surface area contributed by atoms with E-state index in [0.29, 0.717) is 0 Å². The van der Waals surface area contributed by atoms with Crippen LogP contribution in [-0.4, -0.2) is 14.7 Å². The molecule has 1 saturated heterocycles. The number of aromatic nitrogens is 2. The molecule has 0 saturated carbocycles. The van der Waals surface area contributed by atoms with E-state index in [1.165, 1.54) is 22.5 Å². The van der Waals surface area contributed by atoms with Gasteiger partial charge in [-0.25, -0.2) is 0 Å². The van der Waals surface area contributed by atoms with E-state index in [4.69, 9.17) is 12.2 Å². The van der Waals surface area contributed by atoms with Gasteiger partial charge in [-0.05, 0) is 75.8 Å². The number of rotatable bonds is 4. The van der Waals surface area contributed by atoms with Crippen LogP contribution in [0.2, 0.25) is 0 Å². The van der Waals surface area contributed by atoms with Crippen LogP contribution < -0.4 is 10.2 Å². The lowest BCUT2D eigenvalue weighted by Crippen LogP contribution is -2.29. The van der Waals surface area contributed by atoms with Crippen molar-refractivity contribution in [3.63, 3.8) is 0 Å². The predicted molar refractivity (Wildman–Crippen MR) is 119 cm³/mol. The van der Waals surface area contributed by atoms with Gasteiger partial charge in [-0.2, -0.15) is 0 Å². The zero-order valence-corrected chi connectivity index (χ0v) is 17.6. The normalized spacial score (nSPS) is 19.1. The topological polar surface area (TPSA) is 33.1 Å². The van der Waals surface area contributed by atoms with Crippen LogP contribution in [0.15, 0.2) is 54.7 Å². The SMILES string of the molecule is CCn1c(C)cc([C@H]2[C@@H](c3ccccn3)NC(=S)N2c2ccc(C)cc2)c1C. The van der Waals surface area contributed by atoms with Crippen LogP contribution >= 0.6 is 12.2 Å². The molecule has 4 rings (SSSR count). The maximum absolute atomic E-state index is 5.80. The number of hydrogen-bond acceptors (Lipinski definition) is 2. The highest BCUT2D eigenvalue weighted by Gasteiger charge is 2.42. The van der Waals surface area contributed by atoms with Crippen LogP contribution in [0.25, 0.3) is 0 Å². The molecule has 4 nitrogen and oxygen atoms in total. The Morgan fingerprint density at radius 2 is 1.82 bits per heavy atom. The Hall–Kier alpha value is -2.66. The van der Waals surface area contributed by atoms with Gasteiger partial charge < -0.3 is 14.8 Å². The maximum Gasteiger partial charge on any atom is 0.174 e. The van der Waals surface area contributed by atoms with Crippen LogP contribution in [0.1, 0.15) is 47.2 Å². The number of nitrogens with one attached hydrogen (secondary N) is 1. The van der Waals surface area contributed by atoms with Crippen molar-refractivity contribution >= 4 is 23.0 Å². The van der Waals surface area contributed by atoms with Gasteiger partial charge in [0, 0.05) is 29.8 Å². The second-order valence-corrected chi connectivity index (χ2v) is 7.79. The Labute approximate surface area is 172 Å². The summed E-state index contributed by atoms with van der Waals surface area (Å²) < 4.78 is 2.36. The lowest BCUT2D eigenvalue weighted by molar-refractivity contribution is 0.563. The molecular weight excluding hydrogens is 364 g/mol. The molecule has 1 aromatic carbocycles. The van der Waals surface area contributed by atoms with Crippen molar-refractivity contribution in [2.75, 3.05) is 4.90 Å². The number of pyridine rings is 1. The lowest BCUT2D eigenvalue weighted by atomic mass is 9.96. The van der Waals surface area contributed by atoms with Gasteiger partial charge in [-0.1, -0.05) is 23.8 Å². The van der Waals surface area contributed by atoms with Crippen molar-refractivity contribution in [1.29, 1.82) is 0 Å². The minimum Gasteiger partial charge on any atom is -0.351 e. The van der Waals surface area contributed by atoms with E-state index in [9.17, 15) is 0 Å². The Bertz CT molecular complexity index is 991. The van der Waals surface area contributed by atoms with Crippen LogP contribution in [0.4, 0.5) is 5.69 Å². The van der Waals surface area contributed by atoms with E-state index in [2.05, 4.69) is 83.9 Å². The first-order chi connectivity index (χ1) is 13.5. The number of benzene rings is 1. The first-order valence-electron chi connectivity index (χ1n) is 9.75. The summed E-state index contributed by atoms with van der Waals surface area (Å²) in [6.45, 7) is 9.63. The molecule has 0 radical (unpaired) electrons. The summed E-state index contributed by atoms with van der Waals surface area (Å²) in [5.74, 6) is 0. The fourth-order valence-corrected chi connectivity index (χ4v) is 4.61. The van der Waals surface area contributed by atoms with E-state index >= 15 is 0 Å². The number of thiocarbonyl (C=S) groups is 1. The monoisotopic (exact) mass is 390 g/mol. The van der Waals surface area contributed by atoms with Crippen LogP contribution in [-0.2, 0) is 6.54 Å². The molecule has 0 amide bonds. The minimum absolute atomic E-state index is 0.000749. The molecule has 2 atom stereocenters. The first-order valence-corrected chi connectivity index (χ1v) is 10.2. The summed E-state index contributed by atoms with van der Waals surface area (Å²) in [7, 11) is 0. The molecule has 2 aromatic heterocycles. The fourth-order valence-electron chi connectivity index (χ4n) is 4.27. The molecular formula is C23H26N4S. The molecule has 0 spiro atoms. The van der Waals surface area contributed by atoms with E-state index in [1.807, 2.05) is 18.3 Å². The Balaban J connectivity index is 1.88. The second kappa shape index (κ2) is 7.40. The average Bonchev–Trinajstić information content (AvgIpc) is 3.18. The van der Waals surface area contributed by atoms with Crippen molar-refractivity contribution in [2.24, 2.45) is 0 Å². The van der Waals surface area contributed by atoms with E-state index < -0.39 is 0 Å². The quantitative estimate of drug-likeness (QED) is 0.635. The third kappa shape index (κ3) is 3.10. The lowest BCUT2D eigenvalue weighted by Gasteiger charge is -2.28. The van der Waals surface area contributed by atoms with Gasteiger partial charge >= 0.3 is 0 Å². The van der Waals surface area contributed by atoms with Crippen LogP contribution in [0, 0.1) is 20.8 Å². The standard InChI is InChI=1S/C23H26N4S/c1-5-26-16(3)14-19(17(26)4)22-21(20-8-6-7-13-24-20)25-23(28)27(22)18-11-9-15(2)10-12-18/h6-14,21-22H,5H2,1-4H3,(H,25,28)/t21-,22+/m1/s1. The van der Waals surface area contributed by atoms with Gasteiger partial charge in [0.15, 0.2) is 5.11 Å². The zero-order valence-electron chi connectivity index (χ0n) is 16.8. The van der Waals surface area contributed by atoms with E-state index in [0.717, 1.165) is 23.0 Å². The Morgan fingerprint density at radius 1 is 1.07 bits per heavy atom. The molecule has 1 aliphatic rings. The van der Waals surface area contributed by atoms with Crippen molar-refractivity contribution in [3.05, 3.63) is 82.9 Å². The maximum atomic E-state index is 5.80. The smallest absolute Gasteiger partial charge is 0.174 e. The molecule has 5 heteroatoms. The molecule has 1 fully saturated rings. The predicted octanol–water partition coefficient (Wildman–Crippen LogP) is 5.01. The summed E-state index contributed by atoms with van der Waals surface area (Å²) in [5.41, 5.74) is 7.20. The molecule has 144 valence electrons. The van der Waals surface area contributed by atoms with Crippen molar-refractivity contribution < 1.29 is 0 Å². The molecule has 1 aliphatic heterocycles. The van der Waals surface area contributed by atoms with Crippen LogP contribution in [0.3, 0.4) is 0 Å². The summed E-state index contributed by atoms with van der Waals surface area (Å²) in [5, 5.41) is 4.28. The van der Waals surface area contributed by atoms with Gasteiger partial charge in [0.25, 0.3) is 0 Å². The largest absolute Gasteiger partial charge is 0.351 e. The number of nitrogens with zero attached hydrogens (tertiary/aromatic N) is 3. The molecule has 1 N–H and O–H groups in total. The molecule has 0 aliphatic carbocycles. The summed E-state index contributed by atoms with van der Waals surface area (Å²) in [6, 6.07) is 17.0. The van der Waals surface area contributed by atoms with Crippen molar-refractivity contribution in [3.8, 4) is 0 Å². The fraction of sp³-hybridized carbons (Fsp3) is 0.304. The highest BCUT2D eigenvalue weighted by atomic mass is 32.1. The van der Waals surface area contributed by atoms with Crippen molar-refractivity contribution in [2.45, 2.75) is 46.3 Å². The minimum atomic E-state index is 0.000749. The number of anilines is 1.